The quantitative estimate of drug-likeness (QED) is 0.607. The maximum atomic E-state index is 12.9. The first-order valence-corrected chi connectivity index (χ1v) is 10.6. The molecule has 1 amide bonds. The summed E-state index contributed by atoms with van der Waals surface area (Å²) in [5, 5.41) is 6.39. The minimum Gasteiger partial charge on any atom is -0.273 e. The smallest absolute Gasteiger partial charge is 0.245 e. The molecular formula is C22H22N4OS. The number of thioether (sulfide) groups is 1. The fraction of sp³-hybridized carbons (Fsp3) is 0.273. The number of carbonyl (C=O) groups is 1. The summed E-state index contributed by atoms with van der Waals surface area (Å²) in [6.07, 6.45) is 6.10. The van der Waals surface area contributed by atoms with Crippen LogP contribution in [0.3, 0.4) is 0 Å². The largest absolute Gasteiger partial charge is 0.273 e. The molecule has 0 radical (unpaired) electrons. The number of para-hydroxylation sites is 1. The van der Waals surface area contributed by atoms with Gasteiger partial charge in [-0.15, -0.1) is 11.8 Å². The summed E-state index contributed by atoms with van der Waals surface area (Å²) in [5.41, 5.74) is 4.61. The normalized spacial score (nSPS) is 16.6. The maximum absolute atomic E-state index is 12.9. The molecule has 0 saturated carbocycles. The van der Waals surface area contributed by atoms with Gasteiger partial charge in [0.1, 0.15) is 0 Å². The SMILES string of the molecule is CSc1ccc(C2=NN(C(=O)C(C)C)[C@@H](c3cccc4nccnc34)C2)cc1. The summed E-state index contributed by atoms with van der Waals surface area (Å²) in [6.45, 7) is 3.81. The van der Waals surface area contributed by atoms with E-state index in [1.165, 1.54) is 4.90 Å². The first-order valence-electron chi connectivity index (χ1n) is 9.33. The highest BCUT2D eigenvalue weighted by Crippen LogP contribution is 2.36. The molecule has 3 aromatic rings. The topological polar surface area (TPSA) is 58.5 Å². The Bertz CT molecular complexity index is 1040. The standard InChI is InChI=1S/C22H22N4OS/c1-14(2)22(27)26-20(17-5-4-6-18-21(17)24-12-11-23-18)13-19(25-26)15-7-9-16(28-3)10-8-15/h4-12,14,20H,13H2,1-3H3/t20-/m1/s1. The molecule has 0 bridgehead atoms. The van der Waals surface area contributed by atoms with Gasteiger partial charge in [0.05, 0.1) is 22.8 Å². The molecule has 28 heavy (non-hydrogen) atoms. The van der Waals surface area contributed by atoms with Crippen LogP contribution in [0.2, 0.25) is 0 Å². The van der Waals surface area contributed by atoms with Gasteiger partial charge < -0.3 is 0 Å². The Morgan fingerprint density at radius 3 is 2.57 bits per heavy atom. The van der Waals surface area contributed by atoms with Crippen molar-refractivity contribution in [2.75, 3.05) is 6.26 Å². The zero-order valence-corrected chi connectivity index (χ0v) is 17.0. The molecule has 1 atom stereocenters. The lowest BCUT2D eigenvalue weighted by molar-refractivity contribution is -0.136. The molecule has 1 aliphatic rings. The minimum atomic E-state index is -0.175. The molecule has 4 rings (SSSR count). The summed E-state index contributed by atoms with van der Waals surface area (Å²) in [6, 6.07) is 14.1. The zero-order chi connectivity index (χ0) is 19.7. The van der Waals surface area contributed by atoms with Crippen molar-refractivity contribution in [2.24, 2.45) is 11.0 Å². The van der Waals surface area contributed by atoms with Gasteiger partial charge in [0.25, 0.3) is 0 Å². The van der Waals surface area contributed by atoms with Crippen molar-refractivity contribution in [3.05, 3.63) is 66.0 Å². The van der Waals surface area contributed by atoms with Gasteiger partial charge in [0.15, 0.2) is 0 Å². The van der Waals surface area contributed by atoms with E-state index in [1.807, 2.05) is 32.0 Å². The van der Waals surface area contributed by atoms with Crippen LogP contribution in [0.4, 0.5) is 0 Å². The van der Waals surface area contributed by atoms with Gasteiger partial charge >= 0.3 is 0 Å². The van der Waals surface area contributed by atoms with Gasteiger partial charge in [-0.25, -0.2) is 5.01 Å². The van der Waals surface area contributed by atoms with Crippen molar-refractivity contribution in [1.82, 2.24) is 15.0 Å². The van der Waals surface area contributed by atoms with Gasteiger partial charge in [-0.1, -0.05) is 38.1 Å². The molecule has 0 fully saturated rings. The number of carbonyl (C=O) groups excluding carboxylic acids is 1. The Morgan fingerprint density at radius 1 is 1.11 bits per heavy atom. The molecule has 1 aromatic heterocycles. The summed E-state index contributed by atoms with van der Waals surface area (Å²) in [7, 11) is 0. The van der Waals surface area contributed by atoms with Crippen molar-refractivity contribution in [2.45, 2.75) is 31.2 Å². The molecule has 142 valence electrons. The molecule has 2 aromatic carbocycles. The van der Waals surface area contributed by atoms with Crippen LogP contribution < -0.4 is 0 Å². The lowest BCUT2D eigenvalue weighted by atomic mass is 9.96. The van der Waals surface area contributed by atoms with Gasteiger partial charge in [0.2, 0.25) is 5.91 Å². The number of nitrogens with zero attached hydrogens (tertiary/aromatic N) is 4. The van der Waals surface area contributed by atoms with E-state index < -0.39 is 0 Å². The van der Waals surface area contributed by atoms with Crippen LogP contribution in [0, 0.1) is 5.92 Å². The van der Waals surface area contributed by atoms with E-state index >= 15 is 0 Å². The summed E-state index contributed by atoms with van der Waals surface area (Å²) in [4.78, 5) is 23.1. The van der Waals surface area contributed by atoms with E-state index in [9.17, 15) is 4.79 Å². The number of hydrogen-bond donors (Lipinski definition) is 0. The van der Waals surface area contributed by atoms with Crippen molar-refractivity contribution in [3.8, 4) is 0 Å². The van der Waals surface area contributed by atoms with Gasteiger partial charge in [0, 0.05) is 35.2 Å². The number of aromatic nitrogens is 2. The second kappa shape index (κ2) is 7.72. The molecule has 1 aliphatic heterocycles. The van der Waals surface area contributed by atoms with E-state index in [2.05, 4.69) is 40.5 Å². The Labute approximate surface area is 168 Å². The minimum absolute atomic E-state index is 0.0154. The van der Waals surface area contributed by atoms with Crippen LogP contribution in [0.15, 0.2) is 64.9 Å². The van der Waals surface area contributed by atoms with Gasteiger partial charge in [-0.2, -0.15) is 5.10 Å². The first-order chi connectivity index (χ1) is 13.6. The molecule has 5 nitrogen and oxygen atoms in total. The fourth-order valence-electron chi connectivity index (χ4n) is 3.46. The summed E-state index contributed by atoms with van der Waals surface area (Å²) in [5.74, 6) is -0.118. The fourth-order valence-corrected chi connectivity index (χ4v) is 3.87. The highest BCUT2D eigenvalue weighted by atomic mass is 32.2. The second-order valence-electron chi connectivity index (χ2n) is 7.10. The lowest BCUT2D eigenvalue weighted by Crippen LogP contribution is -2.30. The van der Waals surface area contributed by atoms with Crippen molar-refractivity contribution < 1.29 is 4.79 Å². The number of hydrogen-bond acceptors (Lipinski definition) is 5. The molecule has 0 unspecified atom stereocenters. The molecule has 0 spiro atoms. The third-order valence-corrected chi connectivity index (χ3v) is 5.69. The van der Waals surface area contributed by atoms with Crippen LogP contribution in [0.5, 0.6) is 0 Å². The number of benzene rings is 2. The highest BCUT2D eigenvalue weighted by Gasteiger charge is 2.35. The monoisotopic (exact) mass is 390 g/mol. The van der Waals surface area contributed by atoms with E-state index in [1.54, 1.807) is 29.2 Å². The molecular weight excluding hydrogens is 368 g/mol. The molecule has 0 saturated heterocycles. The van der Waals surface area contributed by atoms with Gasteiger partial charge in [-0.3, -0.25) is 14.8 Å². The van der Waals surface area contributed by atoms with Crippen LogP contribution >= 0.6 is 11.8 Å². The Kier molecular flexibility index (Phi) is 5.13. The van der Waals surface area contributed by atoms with Gasteiger partial charge in [-0.05, 0) is 30.0 Å². The maximum Gasteiger partial charge on any atom is 0.245 e. The average molecular weight is 391 g/mol. The summed E-state index contributed by atoms with van der Waals surface area (Å²) >= 11 is 1.71. The highest BCUT2D eigenvalue weighted by molar-refractivity contribution is 7.98. The summed E-state index contributed by atoms with van der Waals surface area (Å²) < 4.78 is 0. The van der Waals surface area contributed by atoms with E-state index in [0.717, 1.165) is 27.9 Å². The zero-order valence-electron chi connectivity index (χ0n) is 16.2. The van der Waals surface area contributed by atoms with E-state index in [0.29, 0.717) is 6.42 Å². The van der Waals surface area contributed by atoms with Crippen LogP contribution in [-0.2, 0) is 4.79 Å². The van der Waals surface area contributed by atoms with Crippen molar-refractivity contribution in [3.63, 3.8) is 0 Å². The molecule has 0 N–H and O–H groups in total. The third-order valence-electron chi connectivity index (χ3n) is 4.94. The Hall–Kier alpha value is -2.73. The average Bonchev–Trinajstić information content (AvgIpc) is 3.17. The van der Waals surface area contributed by atoms with Crippen LogP contribution in [0.1, 0.15) is 37.4 Å². The lowest BCUT2D eigenvalue weighted by Gasteiger charge is -2.24. The Balaban J connectivity index is 1.77. The predicted molar refractivity (Wildman–Crippen MR) is 113 cm³/mol. The second-order valence-corrected chi connectivity index (χ2v) is 7.98. The van der Waals surface area contributed by atoms with E-state index in [-0.39, 0.29) is 17.9 Å². The first kappa shape index (κ1) is 18.6. The Morgan fingerprint density at radius 2 is 1.86 bits per heavy atom. The molecule has 2 heterocycles. The predicted octanol–water partition coefficient (Wildman–Crippen LogP) is 4.69. The number of amides is 1. The third kappa shape index (κ3) is 3.40. The van der Waals surface area contributed by atoms with Crippen molar-refractivity contribution in [1.29, 1.82) is 0 Å². The van der Waals surface area contributed by atoms with E-state index in [4.69, 9.17) is 5.10 Å². The van der Waals surface area contributed by atoms with Crippen molar-refractivity contribution >= 4 is 34.4 Å². The van der Waals surface area contributed by atoms with Crippen LogP contribution in [0.25, 0.3) is 11.0 Å². The van der Waals surface area contributed by atoms with Crippen LogP contribution in [-0.4, -0.2) is 32.9 Å². The molecule has 0 aliphatic carbocycles. The number of hydrazone groups is 1. The number of rotatable bonds is 4. The number of fused-ring (bicyclic) bond motifs is 1. The molecule has 6 heteroatoms.